The molecule has 1 aromatic rings. The van der Waals surface area contributed by atoms with E-state index in [0.29, 0.717) is 5.69 Å². The number of para-hydroxylation sites is 1. The maximum absolute atomic E-state index is 12.4. The lowest BCUT2D eigenvalue weighted by Gasteiger charge is -2.24. The van der Waals surface area contributed by atoms with E-state index in [1.54, 1.807) is 43.1 Å². The summed E-state index contributed by atoms with van der Waals surface area (Å²) in [6.45, 7) is 1.91. The number of nitrogen functional groups attached to an aromatic ring is 1. The Hall–Kier alpha value is -0.720. The molecule has 102 valence electrons. The van der Waals surface area contributed by atoms with Crippen molar-refractivity contribution < 1.29 is 8.42 Å². The third kappa shape index (κ3) is 3.40. The van der Waals surface area contributed by atoms with Crippen molar-refractivity contribution in [2.24, 2.45) is 0 Å². The number of hydrogen-bond acceptors (Lipinski definition) is 4. The zero-order chi connectivity index (χ0) is 13.8. The monoisotopic (exact) mass is 288 g/mol. The van der Waals surface area contributed by atoms with Crippen LogP contribution in [0.25, 0.3) is 0 Å². The molecule has 1 aromatic carbocycles. The highest BCUT2D eigenvalue weighted by atomic mass is 32.2. The van der Waals surface area contributed by atoms with E-state index in [2.05, 4.69) is 0 Å². The lowest BCUT2D eigenvalue weighted by Crippen LogP contribution is -2.35. The highest BCUT2D eigenvalue weighted by molar-refractivity contribution is 7.98. The summed E-state index contributed by atoms with van der Waals surface area (Å²) in [6.07, 6.45) is 2.83. The van der Waals surface area contributed by atoms with Crippen LogP contribution in [-0.2, 0) is 10.0 Å². The average Bonchev–Trinajstić information content (AvgIpc) is 2.35. The quantitative estimate of drug-likeness (QED) is 0.814. The van der Waals surface area contributed by atoms with Gasteiger partial charge in [0.25, 0.3) is 0 Å². The van der Waals surface area contributed by atoms with Gasteiger partial charge in [0.2, 0.25) is 10.0 Å². The predicted molar refractivity (Wildman–Crippen MR) is 78.3 cm³/mol. The Morgan fingerprint density at radius 3 is 2.56 bits per heavy atom. The second kappa shape index (κ2) is 6.45. The van der Waals surface area contributed by atoms with E-state index >= 15 is 0 Å². The minimum absolute atomic E-state index is 0.0398. The standard InChI is InChI=1S/C12H20N2O2S2/c1-10(8-9-17-3)14(2)18(15,16)12-7-5-4-6-11(12)13/h4-7,10H,8-9,13H2,1-3H3. The van der Waals surface area contributed by atoms with E-state index in [9.17, 15) is 8.42 Å². The zero-order valence-corrected chi connectivity index (χ0v) is 12.6. The van der Waals surface area contributed by atoms with Gasteiger partial charge in [-0.05, 0) is 37.5 Å². The molecule has 1 atom stereocenters. The van der Waals surface area contributed by atoms with Crippen LogP contribution < -0.4 is 5.73 Å². The fraction of sp³-hybridized carbons (Fsp3) is 0.500. The van der Waals surface area contributed by atoms with Crippen molar-refractivity contribution in [3.05, 3.63) is 24.3 Å². The van der Waals surface area contributed by atoms with Gasteiger partial charge in [-0.2, -0.15) is 16.1 Å². The number of rotatable bonds is 6. The van der Waals surface area contributed by atoms with Crippen molar-refractivity contribution in [3.63, 3.8) is 0 Å². The van der Waals surface area contributed by atoms with E-state index in [0.717, 1.165) is 12.2 Å². The van der Waals surface area contributed by atoms with Crippen molar-refractivity contribution in [2.75, 3.05) is 24.8 Å². The molecule has 6 heteroatoms. The molecule has 4 nitrogen and oxygen atoms in total. The van der Waals surface area contributed by atoms with Gasteiger partial charge in [-0.15, -0.1) is 0 Å². The summed E-state index contributed by atoms with van der Waals surface area (Å²) in [5, 5.41) is 0. The minimum Gasteiger partial charge on any atom is -0.398 e. The maximum Gasteiger partial charge on any atom is 0.245 e. The second-order valence-electron chi connectivity index (χ2n) is 4.19. The summed E-state index contributed by atoms with van der Waals surface area (Å²) in [5.74, 6) is 0.936. The third-order valence-corrected chi connectivity index (χ3v) is 5.63. The van der Waals surface area contributed by atoms with Gasteiger partial charge in [0, 0.05) is 13.1 Å². The lowest BCUT2D eigenvalue weighted by molar-refractivity contribution is 0.382. The Kier molecular flexibility index (Phi) is 5.49. The zero-order valence-electron chi connectivity index (χ0n) is 11.0. The van der Waals surface area contributed by atoms with Crippen LogP contribution in [0, 0.1) is 0 Å². The Balaban J connectivity index is 2.97. The van der Waals surface area contributed by atoms with Gasteiger partial charge in [0.15, 0.2) is 0 Å². The molecule has 1 rings (SSSR count). The van der Waals surface area contributed by atoms with Crippen LogP contribution in [0.4, 0.5) is 5.69 Å². The molecule has 0 amide bonds. The summed E-state index contributed by atoms with van der Waals surface area (Å²) in [4.78, 5) is 0.184. The topological polar surface area (TPSA) is 63.4 Å². The van der Waals surface area contributed by atoms with Crippen molar-refractivity contribution in [3.8, 4) is 0 Å². The van der Waals surface area contributed by atoms with Crippen LogP contribution in [0.1, 0.15) is 13.3 Å². The van der Waals surface area contributed by atoms with Crippen LogP contribution in [0.2, 0.25) is 0 Å². The van der Waals surface area contributed by atoms with Gasteiger partial charge in [-0.3, -0.25) is 0 Å². The molecular weight excluding hydrogens is 268 g/mol. The van der Waals surface area contributed by atoms with Crippen molar-refractivity contribution in [1.82, 2.24) is 4.31 Å². The van der Waals surface area contributed by atoms with Gasteiger partial charge < -0.3 is 5.73 Å². The van der Waals surface area contributed by atoms with Gasteiger partial charge in [-0.1, -0.05) is 12.1 Å². The van der Waals surface area contributed by atoms with E-state index in [-0.39, 0.29) is 10.9 Å². The first-order chi connectivity index (χ1) is 8.41. The molecule has 0 aromatic heterocycles. The molecule has 1 unspecified atom stereocenters. The number of anilines is 1. The summed E-state index contributed by atoms with van der Waals surface area (Å²) in [6, 6.07) is 6.52. The first-order valence-corrected chi connectivity index (χ1v) is 8.56. The third-order valence-electron chi connectivity index (χ3n) is 2.94. The number of hydrogen-bond donors (Lipinski definition) is 1. The number of benzene rings is 1. The Bertz CT molecular complexity index is 489. The van der Waals surface area contributed by atoms with Crippen molar-refractivity contribution in [1.29, 1.82) is 0 Å². The fourth-order valence-corrected chi connectivity index (χ4v) is 3.66. The van der Waals surface area contributed by atoms with E-state index < -0.39 is 10.0 Å². The molecule has 0 saturated heterocycles. The smallest absolute Gasteiger partial charge is 0.245 e. The highest BCUT2D eigenvalue weighted by Gasteiger charge is 2.26. The van der Waals surface area contributed by atoms with Crippen LogP contribution in [0.5, 0.6) is 0 Å². The number of thioether (sulfide) groups is 1. The van der Waals surface area contributed by atoms with Crippen molar-refractivity contribution >= 4 is 27.5 Å². The maximum atomic E-state index is 12.4. The van der Waals surface area contributed by atoms with E-state index in [4.69, 9.17) is 5.73 Å². The normalized spacial score (nSPS) is 13.8. The van der Waals surface area contributed by atoms with E-state index in [1.165, 1.54) is 4.31 Å². The van der Waals surface area contributed by atoms with E-state index in [1.807, 2.05) is 13.2 Å². The molecular formula is C12H20N2O2S2. The summed E-state index contributed by atoms with van der Waals surface area (Å²) in [7, 11) is -1.90. The summed E-state index contributed by atoms with van der Waals surface area (Å²) < 4.78 is 26.2. The molecule has 0 fully saturated rings. The molecule has 2 N–H and O–H groups in total. The molecule has 18 heavy (non-hydrogen) atoms. The molecule has 0 spiro atoms. The molecule has 0 aliphatic heterocycles. The number of nitrogens with two attached hydrogens (primary N) is 1. The molecule has 0 heterocycles. The predicted octanol–water partition coefficient (Wildman–Crippen LogP) is 2.03. The van der Waals surface area contributed by atoms with Crippen molar-refractivity contribution in [2.45, 2.75) is 24.3 Å². The molecule has 0 aliphatic rings. The summed E-state index contributed by atoms with van der Waals surface area (Å²) in [5.41, 5.74) is 6.03. The minimum atomic E-state index is -3.50. The molecule has 0 saturated carbocycles. The van der Waals surface area contributed by atoms with Gasteiger partial charge in [0.05, 0.1) is 5.69 Å². The Morgan fingerprint density at radius 2 is 2.00 bits per heavy atom. The van der Waals surface area contributed by atoms with Gasteiger partial charge in [0.1, 0.15) is 4.90 Å². The van der Waals surface area contributed by atoms with Crippen LogP contribution in [-0.4, -0.2) is 37.8 Å². The van der Waals surface area contributed by atoms with Gasteiger partial charge >= 0.3 is 0 Å². The Labute approximate surface area is 114 Å². The van der Waals surface area contributed by atoms with Gasteiger partial charge in [-0.25, -0.2) is 8.42 Å². The SMILES string of the molecule is CSCCC(C)N(C)S(=O)(=O)c1ccccc1N. The molecule has 0 radical (unpaired) electrons. The fourth-order valence-electron chi connectivity index (χ4n) is 1.58. The highest BCUT2D eigenvalue weighted by Crippen LogP contribution is 2.23. The van der Waals surface area contributed by atoms with Crippen LogP contribution in [0.15, 0.2) is 29.2 Å². The largest absolute Gasteiger partial charge is 0.398 e. The second-order valence-corrected chi connectivity index (χ2v) is 7.14. The number of nitrogens with zero attached hydrogens (tertiary/aromatic N) is 1. The first-order valence-electron chi connectivity index (χ1n) is 5.72. The van der Waals surface area contributed by atoms with Crippen LogP contribution >= 0.6 is 11.8 Å². The molecule has 0 bridgehead atoms. The summed E-state index contributed by atoms with van der Waals surface area (Å²) >= 11 is 1.71. The first kappa shape index (κ1) is 15.3. The molecule has 0 aliphatic carbocycles. The van der Waals surface area contributed by atoms with Crippen LogP contribution in [0.3, 0.4) is 0 Å². The lowest BCUT2D eigenvalue weighted by atomic mass is 10.3. The average molecular weight is 288 g/mol. The Morgan fingerprint density at radius 1 is 1.39 bits per heavy atom. The number of sulfonamides is 1.